The van der Waals surface area contributed by atoms with Crippen LogP contribution in [0, 0.1) is 0 Å². The van der Waals surface area contributed by atoms with Crippen LogP contribution in [0.1, 0.15) is 43.4 Å². The molecule has 25 heavy (non-hydrogen) atoms. The number of hydrogen-bond donors (Lipinski definition) is 1. The number of nitrogens with zero attached hydrogens (tertiary/aromatic N) is 1. The van der Waals surface area contributed by atoms with Gasteiger partial charge >= 0.3 is 0 Å². The van der Waals surface area contributed by atoms with Crippen LogP contribution < -0.4 is 0 Å². The van der Waals surface area contributed by atoms with E-state index in [0.29, 0.717) is 11.8 Å². The summed E-state index contributed by atoms with van der Waals surface area (Å²) >= 11 is 0. The van der Waals surface area contributed by atoms with E-state index in [1.165, 1.54) is 30.2 Å². The first kappa shape index (κ1) is 16.2. The summed E-state index contributed by atoms with van der Waals surface area (Å²) in [4.78, 5) is 2.57. The van der Waals surface area contributed by atoms with Gasteiger partial charge < -0.3 is 5.11 Å². The van der Waals surface area contributed by atoms with Crippen LogP contribution in [0.4, 0.5) is 0 Å². The van der Waals surface area contributed by atoms with Gasteiger partial charge in [0.2, 0.25) is 0 Å². The first-order valence-electron chi connectivity index (χ1n) is 9.27. The summed E-state index contributed by atoms with van der Waals surface area (Å²) in [5, 5.41) is 13.2. The molecule has 2 atom stereocenters. The number of likely N-dealkylation sites (tertiary alicyclic amines) is 1. The molecule has 1 fully saturated rings. The SMILES string of the molecule is CC1CCCCN1C(c1ccccc1)c1c(O)ccc2ccccc12. The molecule has 2 heteroatoms. The maximum Gasteiger partial charge on any atom is 0.121 e. The van der Waals surface area contributed by atoms with Gasteiger partial charge in [-0.15, -0.1) is 0 Å². The molecule has 0 bridgehead atoms. The third kappa shape index (κ3) is 3.03. The normalized spacial score (nSPS) is 19.8. The zero-order valence-electron chi connectivity index (χ0n) is 14.7. The van der Waals surface area contributed by atoms with Gasteiger partial charge in [-0.05, 0) is 48.7 Å². The van der Waals surface area contributed by atoms with Crippen LogP contribution in [-0.4, -0.2) is 22.6 Å². The molecule has 1 aliphatic heterocycles. The predicted octanol–water partition coefficient (Wildman–Crippen LogP) is 5.51. The highest BCUT2D eigenvalue weighted by atomic mass is 16.3. The summed E-state index contributed by atoms with van der Waals surface area (Å²) in [6.45, 7) is 3.39. The van der Waals surface area contributed by atoms with E-state index in [-0.39, 0.29) is 6.04 Å². The molecule has 1 heterocycles. The minimum atomic E-state index is 0.0857. The zero-order chi connectivity index (χ0) is 17.2. The van der Waals surface area contributed by atoms with E-state index in [2.05, 4.69) is 66.4 Å². The Bertz CT molecular complexity index is 858. The van der Waals surface area contributed by atoms with Gasteiger partial charge in [0.15, 0.2) is 0 Å². The molecule has 0 radical (unpaired) electrons. The van der Waals surface area contributed by atoms with Crippen molar-refractivity contribution in [2.45, 2.75) is 38.3 Å². The van der Waals surface area contributed by atoms with E-state index in [4.69, 9.17) is 0 Å². The Labute approximate surface area is 149 Å². The second-order valence-electron chi connectivity index (χ2n) is 7.12. The van der Waals surface area contributed by atoms with E-state index >= 15 is 0 Å². The lowest BCUT2D eigenvalue weighted by molar-refractivity contribution is 0.124. The molecule has 4 rings (SSSR count). The number of piperidine rings is 1. The van der Waals surface area contributed by atoms with Crippen molar-refractivity contribution >= 4 is 10.8 Å². The number of benzene rings is 3. The molecule has 0 saturated carbocycles. The summed E-state index contributed by atoms with van der Waals surface area (Å²) in [5.41, 5.74) is 2.29. The second kappa shape index (κ2) is 6.89. The molecule has 1 aliphatic rings. The van der Waals surface area contributed by atoms with Crippen molar-refractivity contribution in [3.05, 3.63) is 77.9 Å². The predicted molar refractivity (Wildman–Crippen MR) is 104 cm³/mol. The quantitative estimate of drug-likeness (QED) is 0.684. The molecule has 0 spiro atoms. The first-order valence-corrected chi connectivity index (χ1v) is 9.27. The van der Waals surface area contributed by atoms with Crippen molar-refractivity contribution in [2.75, 3.05) is 6.54 Å². The van der Waals surface area contributed by atoms with Gasteiger partial charge in [-0.2, -0.15) is 0 Å². The molecule has 1 saturated heterocycles. The molecule has 2 nitrogen and oxygen atoms in total. The molecular formula is C23H25NO. The van der Waals surface area contributed by atoms with E-state index in [9.17, 15) is 5.11 Å². The number of phenols is 1. The van der Waals surface area contributed by atoms with Crippen molar-refractivity contribution in [3.63, 3.8) is 0 Å². The Hall–Kier alpha value is -2.32. The summed E-state index contributed by atoms with van der Waals surface area (Å²) < 4.78 is 0. The third-order valence-corrected chi connectivity index (χ3v) is 5.52. The Kier molecular flexibility index (Phi) is 4.46. The van der Waals surface area contributed by atoms with Crippen molar-refractivity contribution in [1.29, 1.82) is 0 Å². The molecule has 0 aliphatic carbocycles. The Balaban J connectivity index is 1.94. The molecule has 0 aromatic heterocycles. The van der Waals surface area contributed by atoms with Crippen molar-refractivity contribution < 1.29 is 5.11 Å². The van der Waals surface area contributed by atoms with E-state index in [1.54, 1.807) is 0 Å². The Morgan fingerprint density at radius 3 is 2.48 bits per heavy atom. The van der Waals surface area contributed by atoms with Crippen LogP contribution in [0.2, 0.25) is 0 Å². The third-order valence-electron chi connectivity index (χ3n) is 5.52. The van der Waals surface area contributed by atoms with Gasteiger partial charge in [0, 0.05) is 11.6 Å². The summed E-state index contributed by atoms with van der Waals surface area (Å²) in [6, 6.07) is 23.5. The van der Waals surface area contributed by atoms with Gasteiger partial charge in [0.05, 0.1) is 6.04 Å². The van der Waals surface area contributed by atoms with Gasteiger partial charge in [-0.3, -0.25) is 4.90 Å². The number of phenolic OH excluding ortho intramolecular Hbond substituents is 1. The molecular weight excluding hydrogens is 306 g/mol. The van der Waals surface area contributed by atoms with Gasteiger partial charge in [-0.1, -0.05) is 67.1 Å². The highest BCUT2D eigenvalue weighted by molar-refractivity contribution is 5.88. The molecule has 0 amide bonds. The number of aromatic hydroxyl groups is 1. The minimum absolute atomic E-state index is 0.0857. The van der Waals surface area contributed by atoms with E-state index < -0.39 is 0 Å². The molecule has 128 valence electrons. The maximum absolute atomic E-state index is 10.8. The van der Waals surface area contributed by atoms with E-state index in [1.807, 2.05) is 12.1 Å². The highest BCUT2D eigenvalue weighted by Gasteiger charge is 2.31. The van der Waals surface area contributed by atoms with E-state index in [0.717, 1.165) is 17.5 Å². The lowest BCUT2D eigenvalue weighted by Gasteiger charge is -2.40. The van der Waals surface area contributed by atoms with Crippen LogP contribution in [0.15, 0.2) is 66.7 Å². The van der Waals surface area contributed by atoms with Crippen LogP contribution >= 0.6 is 0 Å². The molecule has 2 unspecified atom stereocenters. The van der Waals surface area contributed by atoms with Crippen LogP contribution in [-0.2, 0) is 0 Å². The smallest absolute Gasteiger partial charge is 0.121 e. The summed E-state index contributed by atoms with van der Waals surface area (Å²) in [7, 11) is 0. The average molecular weight is 331 g/mol. The Morgan fingerprint density at radius 1 is 0.920 bits per heavy atom. The van der Waals surface area contributed by atoms with Crippen LogP contribution in [0.25, 0.3) is 10.8 Å². The number of rotatable bonds is 3. The fraction of sp³-hybridized carbons (Fsp3) is 0.304. The fourth-order valence-electron chi connectivity index (χ4n) is 4.23. The maximum atomic E-state index is 10.8. The van der Waals surface area contributed by atoms with Gasteiger partial charge in [0.25, 0.3) is 0 Å². The number of hydrogen-bond acceptors (Lipinski definition) is 2. The summed E-state index contributed by atoms with van der Waals surface area (Å²) in [6.07, 6.45) is 3.73. The monoisotopic (exact) mass is 331 g/mol. The fourth-order valence-corrected chi connectivity index (χ4v) is 4.23. The lowest BCUT2D eigenvalue weighted by atomic mass is 9.89. The molecule has 3 aromatic carbocycles. The first-order chi connectivity index (χ1) is 12.3. The van der Waals surface area contributed by atoms with Crippen LogP contribution in [0.3, 0.4) is 0 Å². The number of fused-ring (bicyclic) bond motifs is 1. The largest absolute Gasteiger partial charge is 0.508 e. The standard InChI is InChI=1S/C23H25NO/c1-17-9-7-8-16-24(17)23(19-11-3-2-4-12-19)22-20-13-6-5-10-18(20)14-15-21(22)25/h2-6,10-15,17,23,25H,7-9,16H2,1H3. The molecule has 1 N–H and O–H groups in total. The minimum Gasteiger partial charge on any atom is -0.508 e. The van der Waals surface area contributed by atoms with Crippen molar-refractivity contribution in [3.8, 4) is 5.75 Å². The van der Waals surface area contributed by atoms with Crippen molar-refractivity contribution in [1.82, 2.24) is 4.90 Å². The van der Waals surface area contributed by atoms with Gasteiger partial charge in [-0.25, -0.2) is 0 Å². The van der Waals surface area contributed by atoms with Crippen LogP contribution in [0.5, 0.6) is 5.75 Å². The highest BCUT2D eigenvalue weighted by Crippen LogP contribution is 2.41. The Morgan fingerprint density at radius 2 is 1.68 bits per heavy atom. The molecule has 3 aromatic rings. The second-order valence-corrected chi connectivity index (χ2v) is 7.12. The topological polar surface area (TPSA) is 23.5 Å². The van der Waals surface area contributed by atoms with Crippen molar-refractivity contribution in [2.24, 2.45) is 0 Å². The van der Waals surface area contributed by atoms with Gasteiger partial charge in [0.1, 0.15) is 5.75 Å². The summed E-state index contributed by atoms with van der Waals surface area (Å²) in [5.74, 6) is 0.394. The lowest BCUT2D eigenvalue weighted by Crippen LogP contribution is -2.40. The zero-order valence-corrected chi connectivity index (χ0v) is 14.7. The average Bonchev–Trinajstić information content (AvgIpc) is 2.66.